The zero-order chi connectivity index (χ0) is 22.5. The number of thioether (sulfide) groups is 1. The fourth-order valence-corrected chi connectivity index (χ4v) is 4.13. The lowest BCUT2D eigenvalue weighted by molar-refractivity contribution is -0.113. The molecule has 2 amide bonds. The van der Waals surface area contributed by atoms with E-state index in [9.17, 15) is 9.59 Å². The number of rotatable bonds is 7. The number of nitrogens with zero attached hydrogens (tertiary/aromatic N) is 1. The van der Waals surface area contributed by atoms with E-state index in [0.29, 0.717) is 40.3 Å². The number of ether oxygens (including phenoxy) is 2. The van der Waals surface area contributed by atoms with Crippen molar-refractivity contribution in [1.29, 1.82) is 0 Å². The molecule has 3 aromatic rings. The number of halogens is 1. The van der Waals surface area contributed by atoms with Gasteiger partial charge in [-0.15, -0.1) is 0 Å². The third-order valence-electron chi connectivity index (χ3n) is 4.68. The molecule has 4 rings (SSSR count). The van der Waals surface area contributed by atoms with Gasteiger partial charge in [-0.25, -0.2) is 4.90 Å². The Morgan fingerprint density at radius 2 is 1.69 bits per heavy atom. The summed E-state index contributed by atoms with van der Waals surface area (Å²) in [7, 11) is 0. The number of imide groups is 1. The standard InChI is InChI=1S/C25H20ClNO4S/c1-2-30-22-14-18(10-13-21(22)31-16-17-8-11-19(26)12-9-17)15-23-24(28)27(25(29)32-23)20-6-4-3-5-7-20/h3-15H,2,16H2,1H3/b23-15-. The molecule has 5 nitrogen and oxygen atoms in total. The molecule has 32 heavy (non-hydrogen) atoms. The molecule has 0 radical (unpaired) electrons. The smallest absolute Gasteiger partial charge is 0.298 e. The predicted molar refractivity (Wildman–Crippen MR) is 128 cm³/mol. The average Bonchev–Trinajstić information content (AvgIpc) is 3.08. The van der Waals surface area contributed by atoms with Crippen molar-refractivity contribution in [1.82, 2.24) is 0 Å². The maximum atomic E-state index is 12.8. The second-order valence-electron chi connectivity index (χ2n) is 6.91. The summed E-state index contributed by atoms with van der Waals surface area (Å²) < 4.78 is 11.7. The first-order valence-electron chi connectivity index (χ1n) is 10.0. The quantitative estimate of drug-likeness (QED) is 0.370. The van der Waals surface area contributed by atoms with Crippen LogP contribution in [0.1, 0.15) is 18.1 Å². The molecule has 3 aromatic carbocycles. The van der Waals surface area contributed by atoms with Crippen LogP contribution in [0.5, 0.6) is 11.5 Å². The van der Waals surface area contributed by atoms with Crippen molar-refractivity contribution in [3.05, 3.63) is 93.9 Å². The summed E-state index contributed by atoms with van der Waals surface area (Å²) in [6, 6.07) is 21.8. The lowest BCUT2D eigenvalue weighted by Gasteiger charge is -2.13. The van der Waals surface area contributed by atoms with Crippen LogP contribution in [0.25, 0.3) is 6.08 Å². The van der Waals surface area contributed by atoms with Gasteiger partial charge in [0.1, 0.15) is 6.61 Å². The first-order chi connectivity index (χ1) is 15.5. The van der Waals surface area contributed by atoms with Crippen molar-refractivity contribution in [2.45, 2.75) is 13.5 Å². The highest BCUT2D eigenvalue weighted by molar-refractivity contribution is 8.19. The molecule has 0 bridgehead atoms. The van der Waals surface area contributed by atoms with E-state index in [1.54, 1.807) is 42.5 Å². The normalized spacial score (nSPS) is 14.8. The lowest BCUT2D eigenvalue weighted by atomic mass is 10.1. The summed E-state index contributed by atoms with van der Waals surface area (Å²) in [5.41, 5.74) is 2.28. The molecule has 162 valence electrons. The van der Waals surface area contributed by atoms with Crippen molar-refractivity contribution < 1.29 is 19.1 Å². The highest BCUT2D eigenvalue weighted by Crippen LogP contribution is 2.37. The van der Waals surface area contributed by atoms with Gasteiger partial charge in [0.05, 0.1) is 17.2 Å². The van der Waals surface area contributed by atoms with Crippen molar-refractivity contribution in [2.75, 3.05) is 11.5 Å². The Bertz CT molecular complexity index is 1160. The van der Waals surface area contributed by atoms with Crippen LogP contribution >= 0.6 is 23.4 Å². The number of carbonyl (C=O) groups is 2. The Balaban J connectivity index is 1.54. The van der Waals surface area contributed by atoms with E-state index >= 15 is 0 Å². The molecule has 0 atom stereocenters. The Labute approximate surface area is 195 Å². The highest BCUT2D eigenvalue weighted by atomic mass is 35.5. The monoisotopic (exact) mass is 465 g/mol. The number of para-hydroxylation sites is 1. The predicted octanol–water partition coefficient (Wildman–Crippen LogP) is 6.56. The molecule has 0 aliphatic carbocycles. The van der Waals surface area contributed by atoms with Crippen LogP contribution in [0, 0.1) is 0 Å². The van der Waals surface area contributed by atoms with Crippen LogP contribution in [-0.4, -0.2) is 17.8 Å². The van der Waals surface area contributed by atoms with Gasteiger partial charge in [0.25, 0.3) is 11.1 Å². The number of hydrogen-bond acceptors (Lipinski definition) is 5. The van der Waals surface area contributed by atoms with Gasteiger partial charge in [0.15, 0.2) is 11.5 Å². The number of benzene rings is 3. The first kappa shape index (κ1) is 22.0. The van der Waals surface area contributed by atoms with Gasteiger partial charge in [0.2, 0.25) is 0 Å². The molecule has 0 N–H and O–H groups in total. The van der Waals surface area contributed by atoms with Crippen LogP contribution in [-0.2, 0) is 11.4 Å². The molecule has 0 spiro atoms. The largest absolute Gasteiger partial charge is 0.490 e. The third-order valence-corrected chi connectivity index (χ3v) is 5.80. The van der Waals surface area contributed by atoms with Gasteiger partial charge in [-0.3, -0.25) is 9.59 Å². The number of anilines is 1. The van der Waals surface area contributed by atoms with E-state index in [2.05, 4.69) is 0 Å². The molecular formula is C25H20ClNO4S. The van der Waals surface area contributed by atoms with Gasteiger partial charge < -0.3 is 9.47 Å². The van der Waals surface area contributed by atoms with Crippen LogP contribution in [0.2, 0.25) is 5.02 Å². The van der Waals surface area contributed by atoms with Crippen LogP contribution in [0.3, 0.4) is 0 Å². The molecule has 1 aliphatic heterocycles. The van der Waals surface area contributed by atoms with E-state index < -0.39 is 0 Å². The lowest BCUT2D eigenvalue weighted by Crippen LogP contribution is -2.27. The van der Waals surface area contributed by atoms with E-state index in [1.165, 1.54) is 4.90 Å². The second-order valence-corrected chi connectivity index (χ2v) is 8.34. The second kappa shape index (κ2) is 9.94. The van der Waals surface area contributed by atoms with Gasteiger partial charge in [-0.05, 0) is 72.3 Å². The van der Waals surface area contributed by atoms with Crippen LogP contribution < -0.4 is 14.4 Å². The Morgan fingerprint density at radius 1 is 0.938 bits per heavy atom. The topological polar surface area (TPSA) is 55.8 Å². The molecular weight excluding hydrogens is 446 g/mol. The molecule has 0 saturated carbocycles. The minimum absolute atomic E-state index is 0.319. The minimum atomic E-state index is -0.341. The molecule has 7 heteroatoms. The number of hydrogen-bond donors (Lipinski definition) is 0. The Morgan fingerprint density at radius 3 is 2.41 bits per heavy atom. The Kier molecular flexibility index (Phi) is 6.83. The zero-order valence-electron chi connectivity index (χ0n) is 17.3. The highest BCUT2D eigenvalue weighted by Gasteiger charge is 2.36. The molecule has 1 fully saturated rings. The SMILES string of the molecule is CCOc1cc(/C=C2\SC(=O)N(c3ccccc3)C2=O)ccc1OCc1ccc(Cl)cc1. The number of carbonyl (C=O) groups excluding carboxylic acids is 2. The van der Waals surface area contributed by atoms with Crippen LogP contribution in [0.4, 0.5) is 10.5 Å². The summed E-state index contributed by atoms with van der Waals surface area (Å²) in [5.74, 6) is 0.820. The summed E-state index contributed by atoms with van der Waals surface area (Å²) in [5, 5.41) is 0.352. The summed E-state index contributed by atoms with van der Waals surface area (Å²) in [4.78, 5) is 26.8. The van der Waals surface area contributed by atoms with Gasteiger partial charge >= 0.3 is 0 Å². The fourth-order valence-electron chi connectivity index (χ4n) is 3.16. The van der Waals surface area contributed by atoms with Crippen molar-refractivity contribution >= 4 is 46.3 Å². The van der Waals surface area contributed by atoms with E-state index in [1.807, 2.05) is 43.3 Å². The van der Waals surface area contributed by atoms with Crippen molar-refractivity contribution in [3.8, 4) is 11.5 Å². The minimum Gasteiger partial charge on any atom is -0.490 e. The molecule has 1 saturated heterocycles. The molecule has 0 unspecified atom stereocenters. The van der Waals surface area contributed by atoms with E-state index in [0.717, 1.165) is 22.9 Å². The summed E-state index contributed by atoms with van der Waals surface area (Å²) in [6.45, 7) is 2.72. The summed E-state index contributed by atoms with van der Waals surface area (Å²) in [6.07, 6.45) is 1.69. The van der Waals surface area contributed by atoms with Crippen molar-refractivity contribution in [2.24, 2.45) is 0 Å². The van der Waals surface area contributed by atoms with E-state index in [4.69, 9.17) is 21.1 Å². The maximum Gasteiger partial charge on any atom is 0.298 e. The van der Waals surface area contributed by atoms with E-state index in [-0.39, 0.29) is 11.1 Å². The third kappa shape index (κ3) is 4.98. The zero-order valence-corrected chi connectivity index (χ0v) is 18.9. The maximum absolute atomic E-state index is 12.8. The summed E-state index contributed by atoms with van der Waals surface area (Å²) >= 11 is 6.85. The van der Waals surface area contributed by atoms with Gasteiger partial charge in [-0.2, -0.15) is 0 Å². The Hall–Kier alpha value is -3.22. The van der Waals surface area contributed by atoms with Crippen LogP contribution in [0.15, 0.2) is 77.7 Å². The fraction of sp³-hybridized carbons (Fsp3) is 0.120. The van der Waals surface area contributed by atoms with Gasteiger partial charge in [-0.1, -0.05) is 48.0 Å². The average molecular weight is 466 g/mol. The molecule has 1 heterocycles. The number of amides is 2. The van der Waals surface area contributed by atoms with Crippen molar-refractivity contribution in [3.63, 3.8) is 0 Å². The molecule has 0 aromatic heterocycles. The first-order valence-corrected chi connectivity index (χ1v) is 11.2. The molecule has 1 aliphatic rings. The van der Waals surface area contributed by atoms with Gasteiger partial charge in [0, 0.05) is 5.02 Å².